The van der Waals surface area contributed by atoms with Gasteiger partial charge in [0, 0.05) is 11.3 Å². The number of carbonyl (C=O) groups is 1. The number of imidazole rings is 1. The van der Waals surface area contributed by atoms with Crippen molar-refractivity contribution in [3.8, 4) is 17.6 Å². The number of nitrogens with zero attached hydrogens (tertiary/aromatic N) is 4. The molecule has 0 bridgehead atoms. The van der Waals surface area contributed by atoms with Gasteiger partial charge < -0.3 is 20.1 Å². The topological polar surface area (TPSA) is 140 Å². The van der Waals surface area contributed by atoms with Crippen LogP contribution in [0.15, 0.2) is 35.7 Å². The molecule has 0 aliphatic rings. The van der Waals surface area contributed by atoms with Gasteiger partial charge in [0.15, 0.2) is 5.16 Å². The van der Waals surface area contributed by atoms with Crippen LogP contribution in [0.4, 0.5) is 5.69 Å². The normalized spacial score (nSPS) is 10.4. The summed E-state index contributed by atoms with van der Waals surface area (Å²) in [6.07, 6.45) is 3.10. The Labute approximate surface area is 213 Å². The van der Waals surface area contributed by atoms with Crippen molar-refractivity contribution in [2.24, 2.45) is 0 Å². The standard InChI is InChI=1S/C20H16N6O3S2.Na/c1-10-12(6-21)22-7-13-18(10)26-20(25-13)30-9-17-23-8-16(31-17)19(28)24-11-3-4-15(29-2)14(27)5-11;/h3-5,7-8,27H,9H2,1-2H3,(H,24,28)(H,25,26);/q;+1/p-1. The molecule has 0 fully saturated rings. The van der Waals surface area contributed by atoms with Crippen molar-refractivity contribution in [3.05, 3.63) is 51.7 Å². The van der Waals surface area contributed by atoms with Crippen LogP contribution in [0.2, 0.25) is 0 Å². The van der Waals surface area contributed by atoms with E-state index in [0.717, 1.165) is 16.1 Å². The molecule has 0 unspecified atom stereocenters. The fraction of sp³-hybridized carbons (Fsp3) is 0.150. The average Bonchev–Trinajstić information content (AvgIpc) is 3.40. The smallest absolute Gasteiger partial charge is 0.870 e. The number of rotatable bonds is 6. The van der Waals surface area contributed by atoms with Crippen LogP contribution in [0.3, 0.4) is 0 Å². The number of pyridine rings is 1. The second kappa shape index (κ2) is 10.3. The third-order valence-electron chi connectivity index (χ3n) is 4.38. The average molecular weight is 475 g/mol. The summed E-state index contributed by atoms with van der Waals surface area (Å²) in [4.78, 5) is 29.0. The molecule has 0 radical (unpaired) electrons. The molecular formula is C20H15N6NaO3S2. The van der Waals surface area contributed by atoms with Gasteiger partial charge in [0.05, 0.1) is 36.3 Å². The fourth-order valence-corrected chi connectivity index (χ4v) is 4.52. The number of aryl methyl sites for hydroxylation is 1. The molecule has 1 aromatic carbocycles. The minimum Gasteiger partial charge on any atom is -0.870 e. The molecule has 0 atom stereocenters. The number of amides is 1. The molecule has 32 heavy (non-hydrogen) atoms. The van der Waals surface area contributed by atoms with Gasteiger partial charge in [0.1, 0.15) is 27.4 Å². The zero-order chi connectivity index (χ0) is 22.0. The molecule has 3 aromatic heterocycles. The number of benzene rings is 1. The molecule has 0 aliphatic heterocycles. The van der Waals surface area contributed by atoms with E-state index in [2.05, 4.69) is 31.3 Å². The van der Waals surface area contributed by atoms with E-state index in [0.29, 0.717) is 32.7 Å². The monoisotopic (exact) mass is 474 g/mol. The Morgan fingerprint density at radius 3 is 2.91 bits per heavy atom. The maximum atomic E-state index is 12.5. The van der Waals surface area contributed by atoms with Crippen LogP contribution in [0.1, 0.15) is 25.9 Å². The van der Waals surface area contributed by atoms with Gasteiger partial charge in [-0.25, -0.2) is 15.0 Å². The molecule has 0 aliphatic carbocycles. The predicted molar refractivity (Wildman–Crippen MR) is 115 cm³/mol. The molecule has 0 saturated carbocycles. The largest absolute Gasteiger partial charge is 1.00 e. The van der Waals surface area contributed by atoms with E-state index < -0.39 is 0 Å². The molecule has 0 saturated heterocycles. The number of aromatic nitrogens is 4. The molecule has 0 spiro atoms. The maximum Gasteiger partial charge on any atom is 1.00 e. The minimum absolute atomic E-state index is 0. The molecular weight excluding hydrogens is 459 g/mol. The maximum absolute atomic E-state index is 12.5. The van der Waals surface area contributed by atoms with Gasteiger partial charge in [-0.2, -0.15) is 5.26 Å². The van der Waals surface area contributed by atoms with Gasteiger partial charge in [-0.15, -0.1) is 11.3 Å². The number of thioether (sulfide) groups is 1. The van der Waals surface area contributed by atoms with Crippen molar-refractivity contribution in [1.82, 2.24) is 19.9 Å². The summed E-state index contributed by atoms with van der Waals surface area (Å²) in [6, 6.07) is 6.48. The van der Waals surface area contributed by atoms with Crippen molar-refractivity contribution in [2.75, 3.05) is 12.4 Å². The molecule has 1 amide bonds. The summed E-state index contributed by atoms with van der Waals surface area (Å²) in [5, 5.41) is 25.0. The Morgan fingerprint density at radius 1 is 1.38 bits per heavy atom. The van der Waals surface area contributed by atoms with Crippen LogP contribution in [0.5, 0.6) is 11.5 Å². The Kier molecular flexibility index (Phi) is 7.76. The number of methoxy groups -OCH3 is 1. The molecule has 4 rings (SSSR count). The first kappa shape index (κ1) is 24.0. The zero-order valence-electron chi connectivity index (χ0n) is 17.4. The Morgan fingerprint density at radius 2 is 2.19 bits per heavy atom. The number of anilines is 1. The summed E-state index contributed by atoms with van der Waals surface area (Å²) in [6.45, 7) is 1.81. The van der Waals surface area contributed by atoms with Crippen LogP contribution in [0.25, 0.3) is 11.0 Å². The van der Waals surface area contributed by atoms with Crippen LogP contribution in [-0.2, 0) is 5.75 Å². The van der Waals surface area contributed by atoms with Gasteiger partial charge in [-0.05, 0) is 25.1 Å². The number of carbonyl (C=O) groups excluding carboxylic acids is 1. The number of hydrogen-bond donors (Lipinski definition) is 2. The van der Waals surface area contributed by atoms with E-state index in [9.17, 15) is 9.90 Å². The Bertz CT molecular complexity index is 1330. The molecule has 12 heteroatoms. The van der Waals surface area contributed by atoms with Gasteiger partial charge in [0.2, 0.25) is 0 Å². The summed E-state index contributed by atoms with van der Waals surface area (Å²) in [7, 11) is 1.42. The van der Waals surface area contributed by atoms with Gasteiger partial charge in [0.25, 0.3) is 5.91 Å². The number of H-pyrrole nitrogens is 1. The first-order chi connectivity index (χ1) is 15.0. The van der Waals surface area contributed by atoms with E-state index in [1.54, 1.807) is 12.3 Å². The summed E-state index contributed by atoms with van der Waals surface area (Å²) in [5.41, 5.74) is 2.95. The van der Waals surface area contributed by atoms with Crippen molar-refractivity contribution in [3.63, 3.8) is 0 Å². The number of nitriles is 1. The number of nitrogens with one attached hydrogen (secondary N) is 2. The SMILES string of the molecule is COc1ccc(NC(=O)c2cnc(CSc3nc4c(C)c(C#N)ncc4[nH]3)s2)cc1[O-].[Na+]. The number of fused-ring (bicyclic) bond motifs is 1. The Hall–Kier alpha value is -2.62. The molecule has 9 nitrogen and oxygen atoms in total. The number of aromatic amines is 1. The van der Waals surface area contributed by atoms with E-state index in [-0.39, 0.29) is 47.0 Å². The predicted octanol–water partition coefficient (Wildman–Crippen LogP) is 0.225. The van der Waals surface area contributed by atoms with Gasteiger partial charge in [-0.1, -0.05) is 17.5 Å². The van der Waals surface area contributed by atoms with Crippen molar-refractivity contribution >= 4 is 45.7 Å². The number of thiazole rings is 1. The molecule has 2 N–H and O–H groups in total. The van der Waals surface area contributed by atoms with Gasteiger partial charge in [-0.3, -0.25) is 4.79 Å². The van der Waals surface area contributed by atoms with Crippen LogP contribution >= 0.6 is 23.1 Å². The summed E-state index contributed by atoms with van der Waals surface area (Å²) in [5.74, 6) is 0.0888. The van der Waals surface area contributed by atoms with Crippen molar-refractivity contribution in [1.29, 1.82) is 5.26 Å². The van der Waals surface area contributed by atoms with Crippen LogP contribution < -0.4 is 44.7 Å². The Balaban J connectivity index is 0.00000289. The van der Waals surface area contributed by atoms with E-state index in [1.807, 2.05) is 6.92 Å². The third kappa shape index (κ3) is 5.06. The molecule has 4 aromatic rings. The fourth-order valence-electron chi connectivity index (χ4n) is 2.82. The zero-order valence-corrected chi connectivity index (χ0v) is 21.1. The number of ether oxygens (including phenoxy) is 1. The molecule has 3 heterocycles. The third-order valence-corrected chi connectivity index (χ3v) is 6.44. The van der Waals surface area contributed by atoms with Gasteiger partial charge >= 0.3 is 29.6 Å². The quantitative estimate of drug-likeness (QED) is 0.299. The summed E-state index contributed by atoms with van der Waals surface area (Å²) >= 11 is 2.70. The second-order valence-corrected chi connectivity index (χ2v) is 8.45. The second-order valence-electron chi connectivity index (χ2n) is 6.37. The van der Waals surface area contributed by atoms with E-state index in [1.165, 1.54) is 48.5 Å². The summed E-state index contributed by atoms with van der Waals surface area (Å²) < 4.78 is 4.93. The first-order valence-corrected chi connectivity index (χ1v) is 10.8. The molecule has 156 valence electrons. The van der Waals surface area contributed by atoms with Crippen molar-refractivity contribution < 1.29 is 44.2 Å². The van der Waals surface area contributed by atoms with Crippen molar-refractivity contribution in [2.45, 2.75) is 17.8 Å². The van der Waals surface area contributed by atoms with Crippen LogP contribution in [0, 0.1) is 18.3 Å². The minimum atomic E-state index is -0.340. The number of hydrogen-bond acceptors (Lipinski definition) is 9. The van der Waals surface area contributed by atoms with E-state index >= 15 is 0 Å². The van der Waals surface area contributed by atoms with E-state index in [4.69, 9.17) is 10.00 Å². The van der Waals surface area contributed by atoms with Crippen LogP contribution in [-0.4, -0.2) is 33.0 Å². The first-order valence-electron chi connectivity index (χ1n) is 8.98.